The fraction of sp³-hybridized carbons (Fsp3) is 0.522. The SMILES string of the molecule is CNC(=O)C1CN(c2ccc(=O)n(C3CCC(CN)(c4cccc(Cl)c4)CC3)n2)CCO1. The van der Waals surface area contributed by atoms with E-state index in [2.05, 4.69) is 11.4 Å². The van der Waals surface area contributed by atoms with Crippen LogP contribution in [0, 0.1) is 0 Å². The van der Waals surface area contributed by atoms with Crippen LogP contribution >= 0.6 is 11.6 Å². The number of amides is 1. The molecule has 1 saturated carbocycles. The van der Waals surface area contributed by atoms with E-state index < -0.39 is 6.10 Å². The van der Waals surface area contributed by atoms with Gasteiger partial charge in [0.05, 0.1) is 19.2 Å². The Balaban J connectivity index is 1.51. The standard InChI is InChI=1S/C23H30ClN5O3/c1-26-22(31)19-14-28(11-12-32-19)20-5-6-21(30)29(27-20)18-7-9-23(15-25,10-8-18)16-3-2-4-17(24)13-16/h2-6,13,18-19H,7-12,14-15,25H2,1H3,(H,26,31). The van der Waals surface area contributed by atoms with Crippen molar-refractivity contribution in [3.8, 4) is 0 Å². The maximum atomic E-state index is 12.7. The molecular formula is C23H30ClN5O3. The molecule has 1 aliphatic carbocycles. The van der Waals surface area contributed by atoms with Gasteiger partial charge in [0.1, 0.15) is 5.82 Å². The van der Waals surface area contributed by atoms with E-state index in [1.165, 1.54) is 0 Å². The molecule has 0 radical (unpaired) electrons. The molecule has 1 atom stereocenters. The van der Waals surface area contributed by atoms with Crippen molar-refractivity contribution in [1.82, 2.24) is 15.1 Å². The molecule has 172 valence electrons. The topological polar surface area (TPSA) is 102 Å². The second-order valence-corrected chi connectivity index (χ2v) is 9.06. The summed E-state index contributed by atoms with van der Waals surface area (Å²) in [6, 6.07) is 11.2. The average Bonchev–Trinajstić information content (AvgIpc) is 2.84. The number of halogens is 1. The fourth-order valence-electron chi connectivity index (χ4n) is 4.85. The fourth-order valence-corrected chi connectivity index (χ4v) is 5.04. The largest absolute Gasteiger partial charge is 0.365 e. The molecule has 1 aromatic carbocycles. The van der Waals surface area contributed by atoms with E-state index in [1.807, 2.05) is 23.1 Å². The molecule has 1 saturated heterocycles. The Morgan fingerprint density at radius 2 is 2.09 bits per heavy atom. The molecule has 9 heteroatoms. The van der Waals surface area contributed by atoms with Gasteiger partial charge in [-0.3, -0.25) is 9.59 Å². The number of morpholine rings is 1. The Bertz CT molecular complexity index is 1020. The quantitative estimate of drug-likeness (QED) is 0.707. The predicted molar refractivity (Wildman–Crippen MR) is 124 cm³/mol. The first-order chi connectivity index (χ1) is 15.5. The molecule has 32 heavy (non-hydrogen) atoms. The molecule has 0 spiro atoms. The molecular weight excluding hydrogens is 430 g/mol. The first kappa shape index (κ1) is 22.8. The number of hydrogen-bond acceptors (Lipinski definition) is 6. The second kappa shape index (κ2) is 9.60. The highest BCUT2D eigenvalue weighted by atomic mass is 35.5. The summed E-state index contributed by atoms with van der Waals surface area (Å²) >= 11 is 6.22. The molecule has 1 aliphatic heterocycles. The highest BCUT2D eigenvalue weighted by molar-refractivity contribution is 6.30. The van der Waals surface area contributed by atoms with Gasteiger partial charge in [0, 0.05) is 36.6 Å². The number of nitrogens with two attached hydrogens (primary N) is 1. The van der Waals surface area contributed by atoms with Crippen molar-refractivity contribution in [1.29, 1.82) is 0 Å². The van der Waals surface area contributed by atoms with Gasteiger partial charge in [-0.1, -0.05) is 23.7 Å². The summed E-state index contributed by atoms with van der Waals surface area (Å²) in [5.74, 6) is 0.529. The highest BCUT2D eigenvalue weighted by Crippen LogP contribution is 2.42. The molecule has 4 rings (SSSR count). The molecule has 2 fully saturated rings. The van der Waals surface area contributed by atoms with Gasteiger partial charge in [-0.15, -0.1) is 0 Å². The van der Waals surface area contributed by atoms with Gasteiger partial charge in [-0.25, -0.2) is 4.68 Å². The number of nitrogens with one attached hydrogen (secondary N) is 1. The summed E-state index contributed by atoms with van der Waals surface area (Å²) in [6.45, 7) is 1.99. The first-order valence-electron chi connectivity index (χ1n) is 11.1. The molecule has 0 bridgehead atoms. The third kappa shape index (κ3) is 4.53. The summed E-state index contributed by atoms with van der Waals surface area (Å²) in [4.78, 5) is 26.6. The third-order valence-electron chi connectivity index (χ3n) is 6.83. The van der Waals surface area contributed by atoms with E-state index >= 15 is 0 Å². The normalized spacial score (nSPS) is 26.0. The number of aromatic nitrogens is 2. The van der Waals surface area contributed by atoms with Crippen LogP contribution in [0.5, 0.6) is 0 Å². The van der Waals surface area contributed by atoms with Crippen LogP contribution in [0.3, 0.4) is 0 Å². The molecule has 2 aliphatic rings. The minimum atomic E-state index is -0.548. The van der Waals surface area contributed by atoms with Crippen molar-refractivity contribution in [3.63, 3.8) is 0 Å². The average molecular weight is 460 g/mol. The van der Waals surface area contributed by atoms with E-state index in [4.69, 9.17) is 27.2 Å². The number of nitrogens with zero attached hydrogens (tertiary/aromatic N) is 3. The Labute approximate surface area is 192 Å². The number of carbonyl (C=O) groups is 1. The van der Waals surface area contributed by atoms with Crippen LogP contribution in [-0.4, -0.2) is 55.1 Å². The van der Waals surface area contributed by atoms with Gasteiger partial charge < -0.3 is 20.7 Å². The zero-order valence-corrected chi connectivity index (χ0v) is 19.1. The van der Waals surface area contributed by atoms with Gasteiger partial charge >= 0.3 is 0 Å². The number of rotatable bonds is 5. The van der Waals surface area contributed by atoms with Crippen LogP contribution in [0.15, 0.2) is 41.2 Å². The molecule has 1 unspecified atom stereocenters. The molecule has 3 N–H and O–H groups in total. The smallest absolute Gasteiger partial charge is 0.267 e. The van der Waals surface area contributed by atoms with Gasteiger partial charge in [0.25, 0.3) is 11.5 Å². The molecule has 1 amide bonds. The van der Waals surface area contributed by atoms with Gasteiger partial charge in [-0.2, -0.15) is 5.10 Å². The zero-order valence-electron chi connectivity index (χ0n) is 18.3. The van der Waals surface area contributed by atoms with Gasteiger partial charge in [0.2, 0.25) is 0 Å². The summed E-state index contributed by atoms with van der Waals surface area (Å²) < 4.78 is 7.18. The second-order valence-electron chi connectivity index (χ2n) is 8.62. The van der Waals surface area contributed by atoms with Crippen molar-refractivity contribution in [2.24, 2.45) is 5.73 Å². The number of carbonyl (C=O) groups excluding carboxylic acids is 1. The molecule has 2 heterocycles. The van der Waals surface area contributed by atoms with Crippen molar-refractivity contribution >= 4 is 23.3 Å². The molecule has 1 aromatic heterocycles. The number of benzene rings is 1. The lowest BCUT2D eigenvalue weighted by Gasteiger charge is -2.40. The van der Waals surface area contributed by atoms with E-state index in [9.17, 15) is 9.59 Å². The predicted octanol–water partition coefficient (Wildman–Crippen LogP) is 1.86. The van der Waals surface area contributed by atoms with Crippen molar-refractivity contribution in [2.45, 2.75) is 43.2 Å². The van der Waals surface area contributed by atoms with Crippen LogP contribution < -0.4 is 21.5 Å². The van der Waals surface area contributed by atoms with Crippen LogP contribution in [-0.2, 0) is 14.9 Å². The first-order valence-corrected chi connectivity index (χ1v) is 11.5. The number of anilines is 1. The summed E-state index contributed by atoms with van der Waals surface area (Å²) in [7, 11) is 1.59. The third-order valence-corrected chi connectivity index (χ3v) is 7.06. The van der Waals surface area contributed by atoms with Crippen LogP contribution in [0.4, 0.5) is 5.82 Å². The minimum Gasteiger partial charge on any atom is -0.365 e. The minimum absolute atomic E-state index is 0.0112. The Hall–Kier alpha value is -2.42. The number of ether oxygens (including phenoxy) is 1. The lowest BCUT2D eigenvalue weighted by atomic mass is 9.68. The van der Waals surface area contributed by atoms with Crippen LogP contribution in [0.1, 0.15) is 37.3 Å². The van der Waals surface area contributed by atoms with E-state index in [0.29, 0.717) is 37.1 Å². The molecule has 8 nitrogen and oxygen atoms in total. The lowest BCUT2D eigenvalue weighted by molar-refractivity contribution is -0.132. The van der Waals surface area contributed by atoms with Crippen LogP contribution in [0.25, 0.3) is 0 Å². The van der Waals surface area contributed by atoms with E-state index in [1.54, 1.807) is 23.9 Å². The highest BCUT2D eigenvalue weighted by Gasteiger charge is 2.37. The van der Waals surface area contributed by atoms with Gasteiger partial charge in [0.15, 0.2) is 6.10 Å². The monoisotopic (exact) mass is 459 g/mol. The summed E-state index contributed by atoms with van der Waals surface area (Å²) in [5.41, 5.74) is 7.14. The summed E-state index contributed by atoms with van der Waals surface area (Å²) in [5, 5.41) is 8.03. The molecule has 2 aromatic rings. The zero-order chi connectivity index (χ0) is 22.7. The van der Waals surface area contributed by atoms with Crippen molar-refractivity contribution in [3.05, 3.63) is 57.3 Å². The number of likely N-dealkylation sites (N-methyl/N-ethyl adjacent to an activating group) is 1. The maximum absolute atomic E-state index is 12.7. The van der Waals surface area contributed by atoms with Gasteiger partial charge in [-0.05, 0) is 49.4 Å². The van der Waals surface area contributed by atoms with E-state index in [-0.39, 0.29) is 22.9 Å². The summed E-state index contributed by atoms with van der Waals surface area (Å²) in [6.07, 6.45) is 2.80. The Morgan fingerprint density at radius 3 is 2.78 bits per heavy atom. The van der Waals surface area contributed by atoms with Crippen LogP contribution in [0.2, 0.25) is 5.02 Å². The lowest BCUT2D eigenvalue weighted by Crippen LogP contribution is -2.50. The van der Waals surface area contributed by atoms with E-state index in [0.717, 1.165) is 31.2 Å². The Kier molecular flexibility index (Phi) is 6.83. The van der Waals surface area contributed by atoms with Crippen molar-refractivity contribution < 1.29 is 9.53 Å². The van der Waals surface area contributed by atoms with Crippen molar-refractivity contribution in [2.75, 3.05) is 38.2 Å². The Morgan fingerprint density at radius 1 is 1.31 bits per heavy atom. The maximum Gasteiger partial charge on any atom is 0.267 e. The number of hydrogen-bond donors (Lipinski definition) is 2.